The number of benzene rings is 1. The van der Waals surface area contributed by atoms with Gasteiger partial charge in [0.1, 0.15) is 0 Å². The van der Waals surface area contributed by atoms with Crippen LogP contribution in [0.5, 0.6) is 0 Å². The molecule has 1 fully saturated rings. The number of esters is 1. The van der Waals surface area contributed by atoms with Gasteiger partial charge in [-0.05, 0) is 52.6 Å². The van der Waals surface area contributed by atoms with Crippen LogP contribution in [-0.4, -0.2) is 36.8 Å². The maximum absolute atomic E-state index is 14.7. The number of carbonyl (C=O) groups excluding carboxylic acids is 1. The predicted molar refractivity (Wildman–Crippen MR) is 96.7 cm³/mol. The zero-order chi connectivity index (χ0) is 19.8. The highest BCUT2D eigenvalue weighted by Gasteiger charge is 2.55. The molecule has 1 aromatic rings. The molecular weight excluding hydrogens is 341 g/mol. The molecule has 1 heterocycles. The van der Waals surface area contributed by atoms with Crippen molar-refractivity contribution in [1.82, 2.24) is 0 Å². The van der Waals surface area contributed by atoms with E-state index in [1.54, 1.807) is 30.3 Å². The number of ether oxygens (including phenoxy) is 1. The van der Waals surface area contributed by atoms with Gasteiger partial charge in [-0.25, -0.2) is 4.79 Å². The van der Waals surface area contributed by atoms with Gasteiger partial charge in [0.15, 0.2) is 0 Å². The van der Waals surface area contributed by atoms with Crippen LogP contribution in [0.3, 0.4) is 0 Å². The summed E-state index contributed by atoms with van der Waals surface area (Å²) in [7, 11) is -1.03. The van der Waals surface area contributed by atoms with E-state index in [1.807, 2.05) is 27.7 Å². The van der Waals surface area contributed by atoms with E-state index in [9.17, 15) is 13.6 Å². The third kappa shape index (κ3) is 3.69. The van der Waals surface area contributed by atoms with Crippen molar-refractivity contribution < 1.29 is 27.6 Å². The van der Waals surface area contributed by atoms with Crippen molar-refractivity contribution in [3.63, 3.8) is 0 Å². The standard InChI is InChI=1S/C19H25BF2O4/c1-7-24-16(23)19(21,22)13(2)15(14-11-9-8-10-12-14)20-25-17(3,4)18(5,6)26-20/h8-12H,7H2,1-6H3/b15-13-. The predicted octanol–water partition coefficient (Wildman–Crippen LogP) is 4.29. The van der Waals surface area contributed by atoms with Crippen LogP contribution in [0.15, 0.2) is 35.9 Å². The number of hydrogen-bond acceptors (Lipinski definition) is 4. The lowest BCUT2D eigenvalue weighted by Gasteiger charge is -2.32. The van der Waals surface area contributed by atoms with Crippen LogP contribution in [0.4, 0.5) is 8.78 Å². The number of hydrogen-bond donors (Lipinski definition) is 0. The zero-order valence-corrected chi connectivity index (χ0v) is 16.1. The minimum atomic E-state index is -3.79. The first-order valence-electron chi connectivity index (χ1n) is 8.61. The number of rotatable bonds is 5. The lowest BCUT2D eigenvalue weighted by molar-refractivity contribution is -0.165. The van der Waals surface area contributed by atoms with Crippen molar-refractivity contribution in [1.29, 1.82) is 0 Å². The average Bonchev–Trinajstić information content (AvgIpc) is 2.76. The normalized spacial score (nSPS) is 19.9. The lowest BCUT2D eigenvalue weighted by Crippen LogP contribution is -2.41. The van der Waals surface area contributed by atoms with E-state index in [2.05, 4.69) is 4.74 Å². The van der Waals surface area contributed by atoms with Gasteiger partial charge in [0.2, 0.25) is 0 Å². The van der Waals surface area contributed by atoms with Crippen molar-refractivity contribution in [2.75, 3.05) is 6.61 Å². The van der Waals surface area contributed by atoms with Crippen molar-refractivity contribution in [2.24, 2.45) is 0 Å². The second kappa shape index (κ2) is 7.12. The topological polar surface area (TPSA) is 44.8 Å². The molecule has 1 aliphatic rings. The van der Waals surface area contributed by atoms with Crippen LogP contribution < -0.4 is 0 Å². The Morgan fingerprint density at radius 1 is 1.12 bits per heavy atom. The molecule has 0 saturated carbocycles. The van der Waals surface area contributed by atoms with E-state index in [1.165, 1.54) is 13.8 Å². The summed E-state index contributed by atoms with van der Waals surface area (Å²) in [6.07, 6.45) is 0. The van der Waals surface area contributed by atoms with Gasteiger partial charge in [0, 0.05) is 5.57 Å². The summed E-state index contributed by atoms with van der Waals surface area (Å²) < 4.78 is 46.0. The van der Waals surface area contributed by atoms with Gasteiger partial charge in [0.05, 0.1) is 17.8 Å². The fourth-order valence-electron chi connectivity index (χ4n) is 2.65. The zero-order valence-electron chi connectivity index (χ0n) is 16.1. The largest absolute Gasteiger partial charge is 0.495 e. The van der Waals surface area contributed by atoms with Crippen LogP contribution in [0.25, 0.3) is 5.47 Å². The van der Waals surface area contributed by atoms with E-state index in [4.69, 9.17) is 9.31 Å². The molecule has 2 rings (SSSR count). The van der Waals surface area contributed by atoms with Gasteiger partial charge in [0.25, 0.3) is 0 Å². The molecule has 4 nitrogen and oxygen atoms in total. The second-order valence-corrected chi connectivity index (χ2v) is 7.29. The molecule has 142 valence electrons. The van der Waals surface area contributed by atoms with E-state index < -0.39 is 35.8 Å². The fourth-order valence-corrected chi connectivity index (χ4v) is 2.65. The highest BCUT2D eigenvalue weighted by Crippen LogP contribution is 2.43. The Morgan fingerprint density at radius 3 is 2.08 bits per heavy atom. The van der Waals surface area contributed by atoms with Crippen molar-refractivity contribution >= 4 is 18.6 Å². The minimum Gasteiger partial charge on any atom is -0.461 e. The van der Waals surface area contributed by atoms with Gasteiger partial charge >= 0.3 is 19.0 Å². The maximum atomic E-state index is 14.7. The van der Waals surface area contributed by atoms with Crippen LogP contribution in [0.2, 0.25) is 0 Å². The van der Waals surface area contributed by atoms with Crippen molar-refractivity contribution in [3.05, 3.63) is 41.5 Å². The molecule has 0 unspecified atom stereocenters. The number of halogens is 2. The van der Waals surface area contributed by atoms with E-state index >= 15 is 0 Å². The van der Waals surface area contributed by atoms with Crippen LogP contribution in [-0.2, 0) is 18.8 Å². The summed E-state index contributed by atoms with van der Waals surface area (Å²) in [5.41, 5.74) is -1.19. The highest BCUT2D eigenvalue weighted by molar-refractivity contribution is 6.69. The number of alkyl halides is 2. The highest BCUT2D eigenvalue weighted by atomic mass is 19.3. The second-order valence-electron chi connectivity index (χ2n) is 7.29. The molecule has 0 aliphatic carbocycles. The summed E-state index contributed by atoms with van der Waals surface area (Å²) in [6.45, 7) is 9.94. The first-order chi connectivity index (χ1) is 11.9. The summed E-state index contributed by atoms with van der Waals surface area (Å²) in [4.78, 5) is 11.8. The molecule has 0 aromatic heterocycles. The summed E-state index contributed by atoms with van der Waals surface area (Å²) in [5.74, 6) is -5.37. The van der Waals surface area contributed by atoms with E-state index in [0.29, 0.717) is 5.56 Å². The molecule has 0 bridgehead atoms. The van der Waals surface area contributed by atoms with E-state index in [0.717, 1.165) is 0 Å². The molecule has 0 N–H and O–H groups in total. The van der Waals surface area contributed by atoms with Gasteiger partial charge < -0.3 is 14.0 Å². The first kappa shape index (κ1) is 20.6. The third-order valence-electron chi connectivity index (χ3n) is 4.98. The van der Waals surface area contributed by atoms with Gasteiger partial charge in [-0.3, -0.25) is 0 Å². The molecule has 1 aromatic carbocycles. The monoisotopic (exact) mass is 366 g/mol. The molecule has 0 radical (unpaired) electrons. The Balaban J connectivity index is 2.58. The molecule has 1 aliphatic heterocycles. The van der Waals surface area contributed by atoms with Crippen molar-refractivity contribution in [2.45, 2.75) is 58.7 Å². The molecule has 0 atom stereocenters. The number of carbonyl (C=O) groups is 1. The first-order valence-corrected chi connectivity index (χ1v) is 8.61. The van der Waals surface area contributed by atoms with Gasteiger partial charge in [-0.2, -0.15) is 8.78 Å². The summed E-state index contributed by atoms with van der Waals surface area (Å²) in [5, 5.41) is 0. The molecule has 0 amide bonds. The molecule has 7 heteroatoms. The van der Waals surface area contributed by atoms with Crippen molar-refractivity contribution in [3.8, 4) is 0 Å². The van der Waals surface area contributed by atoms with Crippen LogP contribution >= 0.6 is 0 Å². The smallest absolute Gasteiger partial charge is 0.461 e. The Bertz CT molecular complexity index is 683. The molecule has 26 heavy (non-hydrogen) atoms. The Hall–Kier alpha value is -1.73. The third-order valence-corrected chi connectivity index (χ3v) is 4.98. The fraction of sp³-hybridized carbons (Fsp3) is 0.526. The minimum absolute atomic E-state index is 0.126. The van der Waals surface area contributed by atoms with Crippen LogP contribution in [0.1, 0.15) is 47.1 Å². The Kier molecular flexibility index (Phi) is 5.64. The Labute approximate surface area is 153 Å². The van der Waals surface area contributed by atoms with E-state index in [-0.39, 0.29) is 12.1 Å². The maximum Gasteiger partial charge on any atom is 0.495 e. The molecular formula is C19H25BF2O4. The molecule has 1 saturated heterocycles. The SMILES string of the molecule is CCOC(=O)C(F)(F)/C(C)=C(\B1OC(C)(C)C(C)(C)O1)c1ccccc1. The van der Waals surface area contributed by atoms with Crippen LogP contribution in [0, 0.1) is 0 Å². The average molecular weight is 366 g/mol. The Morgan fingerprint density at radius 2 is 1.62 bits per heavy atom. The summed E-state index contributed by atoms with van der Waals surface area (Å²) >= 11 is 0. The summed E-state index contributed by atoms with van der Waals surface area (Å²) in [6, 6.07) is 8.62. The lowest BCUT2D eigenvalue weighted by atomic mass is 9.70. The van der Waals surface area contributed by atoms with Gasteiger partial charge in [-0.15, -0.1) is 0 Å². The van der Waals surface area contributed by atoms with Gasteiger partial charge in [-0.1, -0.05) is 30.3 Å². The quantitative estimate of drug-likeness (QED) is 0.576. The molecule has 0 spiro atoms.